The van der Waals surface area contributed by atoms with Gasteiger partial charge in [-0.25, -0.2) is 0 Å². The predicted molar refractivity (Wildman–Crippen MR) is 80.6 cm³/mol. The van der Waals surface area contributed by atoms with Crippen molar-refractivity contribution in [3.8, 4) is 0 Å². The normalized spacial score (nSPS) is 12.9. The van der Waals surface area contributed by atoms with Crippen molar-refractivity contribution in [3.05, 3.63) is 43.4 Å². The summed E-state index contributed by atoms with van der Waals surface area (Å²) in [5.41, 5.74) is 0. The summed E-state index contributed by atoms with van der Waals surface area (Å²) in [6.07, 6.45) is 0.910. The maximum atomic E-state index is 6.10. The van der Waals surface area contributed by atoms with Gasteiger partial charge in [0.15, 0.2) is 0 Å². The number of furan rings is 1. The fourth-order valence-corrected chi connectivity index (χ4v) is 3.62. The number of nitrogens with one attached hydrogen (secondary N) is 1. The highest BCUT2D eigenvalue weighted by Gasteiger charge is 2.20. The van der Waals surface area contributed by atoms with Crippen LogP contribution in [0.5, 0.6) is 0 Å². The van der Waals surface area contributed by atoms with Crippen molar-refractivity contribution in [2.24, 2.45) is 0 Å². The number of halogens is 2. The Morgan fingerprint density at radius 3 is 2.72 bits per heavy atom. The Hall–Kier alpha value is -0.290. The molecule has 0 radical (unpaired) electrons. The molecule has 2 rings (SSSR count). The molecule has 18 heavy (non-hydrogen) atoms. The van der Waals surface area contributed by atoms with Crippen LogP contribution in [0, 0.1) is 0 Å². The summed E-state index contributed by atoms with van der Waals surface area (Å²) in [7, 11) is 0. The van der Waals surface area contributed by atoms with Crippen molar-refractivity contribution >= 4 is 38.9 Å². The van der Waals surface area contributed by atoms with Crippen molar-refractivity contribution in [1.82, 2.24) is 5.32 Å². The van der Waals surface area contributed by atoms with E-state index in [0.29, 0.717) is 0 Å². The third-order valence-electron chi connectivity index (χ3n) is 2.67. The van der Waals surface area contributed by atoms with Crippen LogP contribution in [0.2, 0.25) is 5.02 Å². The molecule has 1 atom stereocenters. The van der Waals surface area contributed by atoms with Gasteiger partial charge in [-0.15, -0.1) is 11.3 Å². The summed E-state index contributed by atoms with van der Waals surface area (Å²) in [5.74, 6) is 1.95. The largest absolute Gasteiger partial charge is 0.464 e. The maximum Gasteiger partial charge on any atom is 0.126 e. The Labute approximate surface area is 124 Å². The van der Waals surface area contributed by atoms with Crippen LogP contribution < -0.4 is 5.32 Å². The lowest BCUT2D eigenvalue weighted by atomic mass is 10.2. The summed E-state index contributed by atoms with van der Waals surface area (Å²) < 4.78 is 6.80. The predicted octanol–water partition coefficient (Wildman–Crippen LogP) is 5.02. The first kappa shape index (κ1) is 14.1. The first-order chi connectivity index (χ1) is 8.65. The van der Waals surface area contributed by atoms with Crippen molar-refractivity contribution in [1.29, 1.82) is 0 Å². The number of rotatable bonds is 5. The molecular weight excluding hydrogens is 334 g/mol. The highest BCUT2D eigenvalue weighted by molar-refractivity contribution is 9.11. The van der Waals surface area contributed by atoms with E-state index in [4.69, 9.17) is 16.0 Å². The molecule has 2 heterocycles. The third kappa shape index (κ3) is 2.99. The molecule has 0 saturated carbocycles. The molecule has 0 saturated heterocycles. The van der Waals surface area contributed by atoms with Crippen LogP contribution in [0.15, 0.2) is 26.4 Å². The molecular formula is C13H15BrClNOS. The van der Waals surface area contributed by atoms with E-state index in [0.717, 1.165) is 38.2 Å². The fraction of sp³-hybridized carbons (Fsp3) is 0.385. The third-order valence-corrected chi connectivity index (χ3v) is 5.21. The van der Waals surface area contributed by atoms with Gasteiger partial charge in [-0.2, -0.15) is 0 Å². The van der Waals surface area contributed by atoms with Crippen LogP contribution in [-0.4, -0.2) is 6.54 Å². The van der Waals surface area contributed by atoms with Gasteiger partial charge >= 0.3 is 0 Å². The number of hydrogen-bond acceptors (Lipinski definition) is 3. The molecule has 0 aliphatic heterocycles. The quantitative estimate of drug-likeness (QED) is 0.821. The van der Waals surface area contributed by atoms with Crippen LogP contribution >= 0.6 is 38.9 Å². The van der Waals surface area contributed by atoms with Crippen molar-refractivity contribution in [3.63, 3.8) is 0 Å². The first-order valence-corrected chi connectivity index (χ1v) is 7.91. The Morgan fingerprint density at radius 1 is 1.44 bits per heavy atom. The van der Waals surface area contributed by atoms with Crippen LogP contribution in [0.4, 0.5) is 0 Å². The Kier molecular flexibility index (Phi) is 4.90. The molecule has 0 aromatic carbocycles. The molecule has 2 nitrogen and oxygen atoms in total. The van der Waals surface area contributed by atoms with E-state index in [1.54, 1.807) is 11.3 Å². The lowest BCUT2D eigenvalue weighted by Crippen LogP contribution is -2.20. The molecule has 0 aliphatic carbocycles. The average molecular weight is 349 g/mol. The van der Waals surface area contributed by atoms with Gasteiger partial charge in [-0.3, -0.25) is 0 Å². The first-order valence-electron chi connectivity index (χ1n) is 5.92. The fourth-order valence-electron chi connectivity index (χ4n) is 1.79. The molecule has 0 fully saturated rings. The second-order valence-electron chi connectivity index (χ2n) is 3.92. The highest BCUT2D eigenvalue weighted by atomic mass is 79.9. The summed E-state index contributed by atoms with van der Waals surface area (Å²) in [4.78, 5) is 1.16. The molecule has 5 heteroatoms. The minimum absolute atomic E-state index is 0.0732. The summed E-state index contributed by atoms with van der Waals surface area (Å²) in [6, 6.07) is 6.12. The van der Waals surface area contributed by atoms with Crippen LogP contribution in [0.3, 0.4) is 0 Å². The van der Waals surface area contributed by atoms with E-state index >= 15 is 0 Å². The molecule has 2 aromatic rings. The number of thiophene rings is 1. The zero-order valence-corrected chi connectivity index (χ0v) is 13.5. The second kappa shape index (κ2) is 6.24. The Bertz CT molecular complexity index is 503. The summed E-state index contributed by atoms with van der Waals surface area (Å²) >= 11 is 11.2. The zero-order valence-electron chi connectivity index (χ0n) is 10.3. The van der Waals surface area contributed by atoms with Gasteiger partial charge in [0, 0.05) is 11.3 Å². The van der Waals surface area contributed by atoms with E-state index in [-0.39, 0.29) is 6.04 Å². The topological polar surface area (TPSA) is 25.2 Å². The minimum Gasteiger partial charge on any atom is -0.464 e. The van der Waals surface area contributed by atoms with E-state index in [1.165, 1.54) is 0 Å². The van der Waals surface area contributed by atoms with E-state index < -0.39 is 0 Å². The van der Waals surface area contributed by atoms with E-state index in [2.05, 4.69) is 35.1 Å². The van der Waals surface area contributed by atoms with Crippen LogP contribution in [0.1, 0.15) is 36.3 Å². The standard InChI is InChI=1S/C13H15BrClNOS/c1-3-8-5-6-10(17-8)12(16-4-2)11-7-9(15)13(14)18-11/h5-7,12,16H,3-4H2,1-2H3. The molecule has 0 amide bonds. The van der Waals surface area contributed by atoms with Crippen LogP contribution in [-0.2, 0) is 6.42 Å². The monoisotopic (exact) mass is 347 g/mol. The molecule has 2 aromatic heterocycles. The van der Waals surface area contributed by atoms with Crippen LogP contribution in [0.25, 0.3) is 0 Å². The van der Waals surface area contributed by atoms with Gasteiger partial charge < -0.3 is 9.73 Å². The lowest BCUT2D eigenvalue weighted by molar-refractivity contribution is 0.428. The van der Waals surface area contributed by atoms with Gasteiger partial charge in [0.25, 0.3) is 0 Å². The van der Waals surface area contributed by atoms with Gasteiger partial charge in [-0.1, -0.05) is 25.4 Å². The number of aryl methyl sites for hydroxylation is 1. The van der Waals surface area contributed by atoms with Gasteiger partial charge in [0.05, 0.1) is 8.81 Å². The molecule has 1 N–H and O–H groups in total. The van der Waals surface area contributed by atoms with Crippen molar-refractivity contribution in [2.45, 2.75) is 26.3 Å². The zero-order chi connectivity index (χ0) is 13.1. The highest BCUT2D eigenvalue weighted by Crippen LogP contribution is 2.37. The minimum atomic E-state index is 0.0732. The van der Waals surface area contributed by atoms with Gasteiger partial charge in [0.1, 0.15) is 17.6 Å². The van der Waals surface area contributed by atoms with E-state index in [9.17, 15) is 0 Å². The smallest absolute Gasteiger partial charge is 0.126 e. The maximum absolute atomic E-state index is 6.10. The van der Waals surface area contributed by atoms with Gasteiger partial charge in [-0.05, 0) is 40.7 Å². The van der Waals surface area contributed by atoms with Crippen molar-refractivity contribution < 1.29 is 4.42 Å². The van der Waals surface area contributed by atoms with Crippen molar-refractivity contribution in [2.75, 3.05) is 6.54 Å². The Balaban J connectivity index is 2.32. The molecule has 98 valence electrons. The molecule has 0 aliphatic rings. The molecule has 1 unspecified atom stereocenters. The summed E-state index contributed by atoms with van der Waals surface area (Å²) in [6.45, 7) is 5.05. The second-order valence-corrected chi connectivity index (χ2v) is 6.73. The van der Waals surface area contributed by atoms with Gasteiger partial charge in [0.2, 0.25) is 0 Å². The SMILES string of the molecule is CCNC(c1ccc(CC)o1)c1cc(Cl)c(Br)s1. The lowest BCUT2D eigenvalue weighted by Gasteiger charge is -2.13. The number of hydrogen-bond donors (Lipinski definition) is 1. The Morgan fingerprint density at radius 2 is 2.22 bits per heavy atom. The molecule has 0 bridgehead atoms. The average Bonchev–Trinajstić information content (AvgIpc) is 2.94. The van der Waals surface area contributed by atoms with E-state index in [1.807, 2.05) is 18.2 Å². The summed E-state index contributed by atoms with van der Waals surface area (Å²) in [5, 5.41) is 4.18. The molecule has 0 spiro atoms.